The first-order valence-corrected chi connectivity index (χ1v) is 6.95. The summed E-state index contributed by atoms with van der Waals surface area (Å²) in [6.07, 6.45) is 0. The van der Waals surface area contributed by atoms with Gasteiger partial charge in [-0.3, -0.25) is 0 Å². The minimum absolute atomic E-state index is 0. The van der Waals surface area contributed by atoms with Crippen LogP contribution >= 0.6 is 0 Å². The van der Waals surface area contributed by atoms with E-state index < -0.39 is 0 Å². The molecule has 0 saturated heterocycles. The standard InChI is InChI=1S/C17H30N.Y/c1-11-12(15(2,3)4)13(16(5,6)7)14(18-11)17(8,9)10;/h1-10H3;/q-1;. The number of hydrogen-bond acceptors (Lipinski definition) is 0. The van der Waals surface area contributed by atoms with Crippen molar-refractivity contribution in [3.05, 3.63) is 22.5 Å². The molecule has 0 atom stereocenters. The van der Waals surface area contributed by atoms with Gasteiger partial charge in [0.2, 0.25) is 0 Å². The molecule has 19 heavy (non-hydrogen) atoms. The van der Waals surface area contributed by atoms with Gasteiger partial charge in [-0.15, -0.1) is 0 Å². The third-order valence-corrected chi connectivity index (χ3v) is 3.34. The largest absolute Gasteiger partial charge is 0.664 e. The second kappa shape index (κ2) is 5.64. The summed E-state index contributed by atoms with van der Waals surface area (Å²) in [6.45, 7) is 22.7. The zero-order valence-corrected chi connectivity index (χ0v) is 17.4. The van der Waals surface area contributed by atoms with Crippen LogP contribution in [0.25, 0.3) is 0 Å². The van der Waals surface area contributed by atoms with E-state index in [1.807, 2.05) is 0 Å². The molecule has 1 aromatic heterocycles. The maximum Gasteiger partial charge on any atom is 0 e. The van der Waals surface area contributed by atoms with Crippen LogP contribution in [0, 0.1) is 6.92 Å². The number of aromatic nitrogens is 1. The second-order valence-electron chi connectivity index (χ2n) is 8.55. The minimum Gasteiger partial charge on any atom is -0.664 e. The average Bonchev–Trinajstić information content (AvgIpc) is 2.39. The summed E-state index contributed by atoms with van der Waals surface area (Å²) >= 11 is 0. The van der Waals surface area contributed by atoms with Crippen molar-refractivity contribution >= 4 is 0 Å². The van der Waals surface area contributed by atoms with Crippen LogP contribution < -0.4 is 4.98 Å². The van der Waals surface area contributed by atoms with Crippen molar-refractivity contribution in [1.29, 1.82) is 0 Å². The zero-order valence-electron chi connectivity index (χ0n) is 14.5. The fourth-order valence-corrected chi connectivity index (χ4v) is 2.77. The van der Waals surface area contributed by atoms with Gasteiger partial charge in [0.15, 0.2) is 0 Å². The predicted molar refractivity (Wildman–Crippen MR) is 80.6 cm³/mol. The number of aryl methyl sites for hydroxylation is 1. The van der Waals surface area contributed by atoms with Crippen molar-refractivity contribution in [3.8, 4) is 0 Å². The Kier molecular flexibility index (Phi) is 5.75. The van der Waals surface area contributed by atoms with E-state index in [0.717, 1.165) is 0 Å². The smallest absolute Gasteiger partial charge is 0 e. The van der Waals surface area contributed by atoms with Gasteiger partial charge >= 0.3 is 0 Å². The number of rotatable bonds is 0. The molecule has 1 heterocycles. The van der Waals surface area contributed by atoms with Gasteiger partial charge in [0.1, 0.15) is 0 Å². The molecule has 107 valence electrons. The monoisotopic (exact) mass is 337 g/mol. The van der Waals surface area contributed by atoms with Gasteiger partial charge in [-0.1, -0.05) is 80.4 Å². The molecule has 2 heteroatoms. The first-order chi connectivity index (χ1) is 7.76. The van der Waals surface area contributed by atoms with Gasteiger partial charge in [-0.25, -0.2) is 0 Å². The molecule has 1 radical (unpaired) electrons. The van der Waals surface area contributed by atoms with E-state index in [-0.39, 0.29) is 49.0 Å². The fraction of sp³-hybridized carbons (Fsp3) is 0.765. The average molecular weight is 337 g/mol. The van der Waals surface area contributed by atoms with Gasteiger partial charge in [-0.05, 0) is 16.2 Å². The van der Waals surface area contributed by atoms with Crippen LogP contribution in [0.3, 0.4) is 0 Å². The van der Waals surface area contributed by atoms with E-state index in [2.05, 4.69) is 69.2 Å². The van der Waals surface area contributed by atoms with Gasteiger partial charge in [0.25, 0.3) is 0 Å². The number of hydrogen-bond donors (Lipinski definition) is 0. The Balaban J connectivity index is 0.00000324. The summed E-state index contributed by atoms with van der Waals surface area (Å²) in [6, 6.07) is 0. The number of nitrogens with zero attached hydrogens (tertiary/aromatic N) is 1. The Bertz CT molecular complexity index is 434. The molecule has 0 saturated carbocycles. The zero-order chi connectivity index (χ0) is 14.5. The molecule has 0 N–H and O–H groups in total. The molecule has 0 amide bonds. The van der Waals surface area contributed by atoms with Crippen LogP contribution in [0.15, 0.2) is 0 Å². The van der Waals surface area contributed by atoms with E-state index in [1.165, 1.54) is 22.5 Å². The van der Waals surface area contributed by atoms with Crippen LogP contribution in [-0.4, -0.2) is 0 Å². The molecule has 0 spiro atoms. The van der Waals surface area contributed by atoms with Gasteiger partial charge in [-0.2, -0.15) is 11.4 Å². The van der Waals surface area contributed by atoms with E-state index >= 15 is 0 Å². The molecule has 0 unspecified atom stereocenters. The molecule has 1 nitrogen and oxygen atoms in total. The summed E-state index contributed by atoms with van der Waals surface area (Å²) in [5.74, 6) is 0. The Morgan fingerprint density at radius 2 is 1.00 bits per heavy atom. The normalized spacial score (nSPS) is 13.4. The summed E-state index contributed by atoms with van der Waals surface area (Å²) in [4.78, 5) is 4.91. The van der Waals surface area contributed by atoms with Gasteiger partial charge in [0.05, 0.1) is 0 Å². The molecule has 0 aliphatic heterocycles. The van der Waals surface area contributed by atoms with Crippen molar-refractivity contribution < 1.29 is 32.7 Å². The van der Waals surface area contributed by atoms with E-state index in [4.69, 9.17) is 4.98 Å². The maximum atomic E-state index is 4.91. The molecular formula is C17H30NY-. The van der Waals surface area contributed by atoms with Gasteiger partial charge < -0.3 is 4.98 Å². The molecule has 0 aliphatic carbocycles. The Morgan fingerprint density at radius 3 is 1.26 bits per heavy atom. The fourth-order valence-electron chi connectivity index (χ4n) is 2.77. The summed E-state index contributed by atoms with van der Waals surface area (Å²) in [5.41, 5.74) is 5.79. The first kappa shape index (κ1) is 19.4. The molecular weight excluding hydrogens is 307 g/mol. The molecule has 0 aliphatic rings. The summed E-state index contributed by atoms with van der Waals surface area (Å²) < 4.78 is 0. The third-order valence-electron chi connectivity index (χ3n) is 3.34. The maximum absolute atomic E-state index is 4.91. The van der Waals surface area contributed by atoms with Crippen LogP contribution in [-0.2, 0) is 49.0 Å². The van der Waals surface area contributed by atoms with Crippen molar-refractivity contribution in [2.75, 3.05) is 0 Å². The second-order valence-corrected chi connectivity index (χ2v) is 8.55. The van der Waals surface area contributed by atoms with Crippen LogP contribution in [0.4, 0.5) is 0 Å². The minimum atomic E-state index is 0. The predicted octanol–water partition coefficient (Wildman–Crippen LogP) is 4.84. The molecule has 1 aromatic rings. The van der Waals surface area contributed by atoms with Crippen LogP contribution in [0.5, 0.6) is 0 Å². The van der Waals surface area contributed by atoms with Crippen molar-refractivity contribution in [2.24, 2.45) is 0 Å². The van der Waals surface area contributed by atoms with E-state index in [9.17, 15) is 0 Å². The summed E-state index contributed by atoms with van der Waals surface area (Å²) in [5, 5.41) is 0. The van der Waals surface area contributed by atoms with Gasteiger partial charge in [0, 0.05) is 32.7 Å². The summed E-state index contributed by atoms with van der Waals surface area (Å²) in [7, 11) is 0. The van der Waals surface area contributed by atoms with Crippen molar-refractivity contribution in [1.82, 2.24) is 4.98 Å². The Morgan fingerprint density at radius 1 is 0.632 bits per heavy atom. The molecule has 1 rings (SSSR count). The third kappa shape index (κ3) is 4.17. The topological polar surface area (TPSA) is 14.1 Å². The molecule has 0 aromatic carbocycles. The quantitative estimate of drug-likeness (QED) is 0.660. The van der Waals surface area contributed by atoms with E-state index in [0.29, 0.717) is 0 Å². The Hall–Kier alpha value is 0.384. The Labute approximate surface area is 145 Å². The molecule has 0 fully saturated rings. The van der Waals surface area contributed by atoms with Crippen molar-refractivity contribution in [3.63, 3.8) is 0 Å². The molecule has 0 bridgehead atoms. The van der Waals surface area contributed by atoms with Crippen LogP contribution in [0.1, 0.15) is 84.8 Å². The van der Waals surface area contributed by atoms with Crippen LogP contribution in [0.2, 0.25) is 0 Å². The van der Waals surface area contributed by atoms with E-state index in [1.54, 1.807) is 0 Å². The SMILES string of the molecule is Cc1[n-]c(C(C)(C)C)c(C(C)(C)C)c1C(C)(C)C.[Y]. The van der Waals surface area contributed by atoms with Crippen molar-refractivity contribution in [2.45, 2.75) is 85.5 Å². The first-order valence-electron chi connectivity index (χ1n) is 6.95.